The van der Waals surface area contributed by atoms with Gasteiger partial charge < -0.3 is 5.32 Å². The van der Waals surface area contributed by atoms with Crippen LogP contribution >= 0.6 is 0 Å². The maximum atomic E-state index is 4.18. The molecule has 72 valence electrons. The molecule has 1 aliphatic heterocycles. The monoisotopic (exact) mass is 178 g/mol. The van der Waals surface area contributed by atoms with E-state index in [1.165, 1.54) is 11.1 Å². The molecule has 0 aromatic rings. The first-order valence-electron chi connectivity index (χ1n) is 4.91. The number of rotatable bonds is 1. The molecule has 2 nitrogen and oxygen atoms in total. The van der Waals surface area contributed by atoms with E-state index >= 15 is 0 Å². The highest BCUT2D eigenvalue weighted by atomic mass is 14.9. The van der Waals surface area contributed by atoms with Crippen LogP contribution in [-0.4, -0.2) is 19.3 Å². The number of hydrogen-bond donors (Lipinski definition) is 1. The van der Waals surface area contributed by atoms with Crippen LogP contribution in [0, 0.1) is 0 Å². The zero-order chi connectivity index (χ0) is 9.52. The highest BCUT2D eigenvalue weighted by Crippen LogP contribution is 2.19. The number of allylic oxidation sites excluding steroid dienone is 1. The van der Waals surface area contributed by atoms with Gasteiger partial charge in [-0.05, 0) is 50.9 Å². The van der Waals surface area contributed by atoms with Crippen molar-refractivity contribution >= 4 is 6.21 Å². The van der Waals surface area contributed by atoms with Gasteiger partial charge in [-0.1, -0.05) is 6.08 Å². The van der Waals surface area contributed by atoms with Crippen molar-refractivity contribution < 1.29 is 0 Å². The van der Waals surface area contributed by atoms with Crippen LogP contribution in [-0.2, 0) is 0 Å². The first-order valence-corrected chi connectivity index (χ1v) is 4.91. The fourth-order valence-electron chi connectivity index (χ4n) is 1.53. The van der Waals surface area contributed by atoms with E-state index in [1.54, 1.807) is 0 Å². The highest BCUT2D eigenvalue weighted by Gasteiger charge is 2.07. The van der Waals surface area contributed by atoms with Crippen molar-refractivity contribution in [2.75, 3.05) is 13.1 Å². The third-order valence-electron chi connectivity index (χ3n) is 2.28. The van der Waals surface area contributed by atoms with Crippen molar-refractivity contribution in [3.8, 4) is 0 Å². The van der Waals surface area contributed by atoms with Crippen LogP contribution in [0.25, 0.3) is 0 Å². The molecule has 0 aliphatic carbocycles. The second kappa shape index (κ2) is 5.70. The lowest BCUT2D eigenvalue weighted by molar-refractivity contribution is 0.717. The van der Waals surface area contributed by atoms with Crippen LogP contribution in [0.4, 0.5) is 0 Å². The van der Waals surface area contributed by atoms with Gasteiger partial charge in [-0.15, -0.1) is 0 Å². The Morgan fingerprint density at radius 3 is 2.46 bits per heavy atom. The van der Waals surface area contributed by atoms with E-state index in [9.17, 15) is 0 Å². The number of nitrogens with zero attached hydrogens (tertiary/aromatic N) is 1. The molecule has 1 saturated heterocycles. The molecule has 1 aliphatic rings. The number of nitrogens with one attached hydrogen (secondary N) is 1. The lowest BCUT2D eigenvalue weighted by Crippen LogP contribution is -2.13. The van der Waals surface area contributed by atoms with Crippen LogP contribution in [0.1, 0.15) is 26.7 Å². The normalized spacial score (nSPS) is 25.7. The molecule has 13 heavy (non-hydrogen) atoms. The molecule has 0 bridgehead atoms. The van der Waals surface area contributed by atoms with E-state index in [-0.39, 0.29) is 0 Å². The zero-order valence-corrected chi connectivity index (χ0v) is 8.51. The Kier molecular flexibility index (Phi) is 4.47. The lowest BCUT2D eigenvalue weighted by atomic mass is 10.0. The summed E-state index contributed by atoms with van der Waals surface area (Å²) >= 11 is 0. The van der Waals surface area contributed by atoms with Gasteiger partial charge in [-0.25, -0.2) is 0 Å². The van der Waals surface area contributed by atoms with Gasteiger partial charge in [0.15, 0.2) is 0 Å². The fraction of sp³-hybridized carbons (Fsp3) is 0.545. The first kappa shape index (κ1) is 10.2. The summed E-state index contributed by atoms with van der Waals surface area (Å²) in [6.45, 7) is 6.21. The van der Waals surface area contributed by atoms with Crippen molar-refractivity contribution in [3.05, 3.63) is 23.4 Å². The Morgan fingerprint density at radius 2 is 1.85 bits per heavy atom. The van der Waals surface area contributed by atoms with Gasteiger partial charge in [0.25, 0.3) is 0 Å². The molecule has 0 aromatic heterocycles. The fourth-order valence-corrected chi connectivity index (χ4v) is 1.53. The Labute approximate surface area is 80.4 Å². The highest BCUT2D eigenvalue weighted by molar-refractivity contribution is 5.54. The standard InChI is InChI=1S/C11H18N2/c1-3-10-5-7-13-8-6-11(10)9-12-4-2/h3-4,9,13H,5-8H2,1-2H3/b10-3-,11-9-,12-4-. The minimum atomic E-state index is 1.07. The number of aliphatic imine (C=N–C) groups is 1. The van der Waals surface area contributed by atoms with Crippen molar-refractivity contribution in [3.63, 3.8) is 0 Å². The van der Waals surface area contributed by atoms with Crippen LogP contribution < -0.4 is 5.32 Å². The van der Waals surface area contributed by atoms with Gasteiger partial charge in [-0.2, -0.15) is 0 Å². The molecular weight excluding hydrogens is 160 g/mol. The molecule has 0 radical (unpaired) electrons. The molecule has 0 atom stereocenters. The van der Waals surface area contributed by atoms with E-state index in [2.05, 4.69) is 23.3 Å². The van der Waals surface area contributed by atoms with Gasteiger partial charge >= 0.3 is 0 Å². The van der Waals surface area contributed by atoms with Crippen molar-refractivity contribution in [1.82, 2.24) is 5.32 Å². The summed E-state index contributed by atoms with van der Waals surface area (Å²) in [6, 6.07) is 0. The van der Waals surface area contributed by atoms with E-state index in [4.69, 9.17) is 0 Å². The summed E-state index contributed by atoms with van der Waals surface area (Å²) in [4.78, 5) is 4.18. The Morgan fingerprint density at radius 1 is 1.15 bits per heavy atom. The average molecular weight is 178 g/mol. The topological polar surface area (TPSA) is 24.4 Å². The summed E-state index contributed by atoms with van der Waals surface area (Å²) in [6.07, 6.45) is 8.24. The molecule has 0 saturated carbocycles. The van der Waals surface area contributed by atoms with Gasteiger partial charge in [-0.3, -0.25) is 4.99 Å². The molecule has 0 spiro atoms. The van der Waals surface area contributed by atoms with Crippen LogP contribution in [0.2, 0.25) is 0 Å². The summed E-state index contributed by atoms with van der Waals surface area (Å²) in [7, 11) is 0. The predicted molar refractivity (Wildman–Crippen MR) is 58.1 cm³/mol. The first-order chi connectivity index (χ1) is 6.38. The van der Waals surface area contributed by atoms with E-state index in [1.807, 2.05) is 19.3 Å². The molecule has 1 heterocycles. The van der Waals surface area contributed by atoms with E-state index in [0.29, 0.717) is 0 Å². The predicted octanol–water partition coefficient (Wildman–Crippen LogP) is 2.29. The largest absolute Gasteiger partial charge is 0.316 e. The summed E-state index contributed by atoms with van der Waals surface area (Å²) in [5, 5.41) is 3.38. The summed E-state index contributed by atoms with van der Waals surface area (Å²) in [5.41, 5.74) is 2.82. The van der Waals surface area contributed by atoms with Crippen LogP contribution in [0.3, 0.4) is 0 Å². The van der Waals surface area contributed by atoms with Crippen LogP contribution in [0.15, 0.2) is 28.4 Å². The Hall–Kier alpha value is -0.890. The Balaban J connectivity index is 2.76. The van der Waals surface area contributed by atoms with Gasteiger partial charge in [0.1, 0.15) is 0 Å². The second-order valence-electron chi connectivity index (χ2n) is 3.13. The van der Waals surface area contributed by atoms with Gasteiger partial charge in [0.05, 0.1) is 0 Å². The molecule has 1 fully saturated rings. The van der Waals surface area contributed by atoms with Crippen molar-refractivity contribution in [2.45, 2.75) is 26.7 Å². The third kappa shape index (κ3) is 3.15. The molecule has 0 aromatic carbocycles. The molecule has 2 heteroatoms. The molecule has 0 unspecified atom stereocenters. The number of hydrogen-bond acceptors (Lipinski definition) is 2. The smallest absolute Gasteiger partial charge is 0.0298 e. The lowest BCUT2D eigenvalue weighted by Gasteiger charge is -2.04. The summed E-state index contributed by atoms with van der Waals surface area (Å²) < 4.78 is 0. The maximum absolute atomic E-state index is 4.18. The zero-order valence-electron chi connectivity index (χ0n) is 8.51. The van der Waals surface area contributed by atoms with Crippen LogP contribution in [0.5, 0.6) is 0 Å². The maximum Gasteiger partial charge on any atom is 0.0298 e. The average Bonchev–Trinajstić information content (AvgIpc) is 2.39. The minimum Gasteiger partial charge on any atom is -0.316 e. The molecule has 0 amide bonds. The van der Waals surface area contributed by atoms with Gasteiger partial charge in [0.2, 0.25) is 0 Å². The second-order valence-corrected chi connectivity index (χ2v) is 3.13. The Bertz CT molecular complexity index is 236. The molecule has 1 rings (SSSR count). The van der Waals surface area contributed by atoms with Crippen molar-refractivity contribution in [2.24, 2.45) is 4.99 Å². The SMILES string of the molecule is C\C=N/C=C1/CCNCC/C1=C/C. The summed E-state index contributed by atoms with van der Waals surface area (Å²) in [5.74, 6) is 0. The quantitative estimate of drug-likeness (QED) is 0.612. The molecule has 1 N–H and O–H groups in total. The van der Waals surface area contributed by atoms with Gasteiger partial charge in [0, 0.05) is 12.4 Å². The van der Waals surface area contributed by atoms with E-state index in [0.717, 1.165) is 25.9 Å². The minimum absolute atomic E-state index is 1.07. The third-order valence-corrected chi connectivity index (χ3v) is 2.28. The molecular formula is C11H18N2. The van der Waals surface area contributed by atoms with E-state index < -0.39 is 0 Å². The van der Waals surface area contributed by atoms with Crippen molar-refractivity contribution in [1.29, 1.82) is 0 Å².